The zero-order valence-corrected chi connectivity index (χ0v) is 11.0. The molecule has 2 aromatic rings. The molecule has 0 spiro atoms. The second kappa shape index (κ2) is 5.48. The summed E-state index contributed by atoms with van der Waals surface area (Å²) in [4.78, 5) is 12.1. The Morgan fingerprint density at radius 2 is 2.05 bits per heavy atom. The molecule has 0 bridgehead atoms. The Hall–Kier alpha value is -2.43. The molecule has 0 aliphatic heterocycles. The van der Waals surface area contributed by atoms with E-state index in [1.807, 2.05) is 24.3 Å². The van der Waals surface area contributed by atoms with Crippen molar-refractivity contribution in [3.05, 3.63) is 52.8 Å². The monoisotopic (exact) mass is 256 g/mol. The Labute approximate surface area is 111 Å². The van der Waals surface area contributed by atoms with Crippen LogP contribution >= 0.6 is 0 Å². The summed E-state index contributed by atoms with van der Waals surface area (Å²) in [5.74, 6) is -0.155. The highest BCUT2D eigenvalue weighted by atomic mass is 16.1. The molecule has 1 amide bonds. The first-order chi connectivity index (χ1) is 9.06. The zero-order chi connectivity index (χ0) is 13.8. The van der Waals surface area contributed by atoms with Gasteiger partial charge in [-0.25, -0.2) is 0 Å². The molecule has 1 aromatic heterocycles. The lowest BCUT2D eigenvalue weighted by Gasteiger charge is -2.08. The van der Waals surface area contributed by atoms with Gasteiger partial charge in [0.15, 0.2) is 0 Å². The summed E-state index contributed by atoms with van der Waals surface area (Å²) in [7, 11) is 0. The number of amides is 1. The molecular formula is C14H16N4O. The van der Waals surface area contributed by atoms with Gasteiger partial charge in [0.2, 0.25) is 0 Å². The Bertz CT molecular complexity index is 610. The standard InChI is InChI=1S/C14H16N4O/c1-9-6-13(10(2)18-17-9)14(19)16-8-11-4-3-5-12(15)7-11/h3-7H,8,15H2,1-2H3,(H,16,19). The Balaban J connectivity index is 2.07. The molecule has 0 saturated carbocycles. The van der Waals surface area contributed by atoms with Crippen molar-refractivity contribution >= 4 is 11.6 Å². The van der Waals surface area contributed by atoms with Crippen molar-refractivity contribution in [1.82, 2.24) is 15.5 Å². The predicted octanol–water partition coefficient (Wildman–Crippen LogP) is 1.61. The highest BCUT2D eigenvalue weighted by Crippen LogP contribution is 2.08. The van der Waals surface area contributed by atoms with E-state index >= 15 is 0 Å². The van der Waals surface area contributed by atoms with E-state index in [4.69, 9.17) is 5.73 Å². The number of anilines is 1. The SMILES string of the molecule is Cc1cc(C(=O)NCc2cccc(N)c2)c(C)nn1. The van der Waals surface area contributed by atoms with Gasteiger partial charge < -0.3 is 11.1 Å². The van der Waals surface area contributed by atoms with Gasteiger partial charge in [-0.2, -0.15) is 10.2 Å². The van der Waals surface area contributed by atoms with Gasteiger partial charge in [-0.1, -0.05) is 12.1 Å². The second-order valence-corrected chi connectivity index (χ2v) is 4.41. The smallest absolute Gasteiger partial charge is 0.253 e. The number of carbonyl (C=O) groups is 1. The van der Waals surface area contributed by atoms with Gasteiger partial charge in [0.05, 0.1) is 17.0 Å². The van der Waals surface area contributed by atoms with Crippen molar-refractivity contribution in [2.75, 3.05) is 5.73 Å². The number of hydrogen-bond donors (Lipinski definition) is 2. The van der Waals surface area contributed by atoms with Gasteiger partial charge in [0.25, 0.3) is 5.91 Å². The lowest BCUT2D eigenvalue weighted by Crippen LogP contribution is -2.24. The molecular weight excluding hydrogens is 240 g/mol. The average molecular weight is 256 g/mol. The van der Waals surface area contributed by atoms with E-state index in [1.165, 1.54) is 0 Å². The first kappa shape index (κ1) is 13.0. The number of hydrogen-bond acceptors (Lipinski definition) is 4. The number of nitrogens with two attached hydrogens (primary N) is 1. The molecule has 98 valence electrons. The number of nitrogen functional groups attached to an aromatic ring is 1. The largest absolute Gasteiger partial charge is 0.399 e. The van der Waals surface area contributed by atoms with Crippen LogP contribution in [-0.4, -0.2) is 16.1 Å². The Morgan fingerprint density at radius 3 is 2.79 bits per heavy atom. The van der Waals surface area contributed by atoms with E-state index in [0.717, 1.165) is 11.3 Å². The zero-order valence-electron chi connectivity index (χ0n) is 11.0. The normalized spacial score (nSPS) is 10.2. The maximum atomic E-state index is 12.1. The molecule has 0 fully saturated rings. The Kier molecular flexibility index (Phi) is 3.75. The molecule has 3 N–H and O–H groups in total. The van der Waals surface area contributed by atoms with Crippen molar-refractivity contribution in [3.8, 4) is 0 Å². The van der Waals surface area contributed by atoms with Crippen LogP contribution in [0.1, 0.15) is 27.3 Å². The molecule has 0 aliphatic rings. The van der Waals surface area contributed by atoms with E-state index in [2.05, 4.69) is 15.5 Å². The summed E-state index contributed by atoms with van der Waals surface area (Å²) in [5, 5.41) is 10.7. The second-order valence-electron chi connectivity index (χ2n) is 4.41. The molecule has 2 rings (SSSR count). The minimum Gasteiger partial charge on any atom is -0.399 e. The lowest BCUT2D eigenvalue weighted by molar-refractivity contribution is 0.0949. The van der Waals surface area contributed by atoms with Crippen molar-refractivity contribution in [1.29, 1.82) is 0 Å². The summed E-state index contributed by atoms with van der Waals surface area (Å²) >= 11 is 0. The van der Waals surface area contributed by atoms with Crippen LogP contribution in [0.25, 0.3) is 0 Å². The fourth-order valence-electron chi connectivity index (χ4n) is 1.76. The predicted molar refractivity (Wildman–Crippen MR) is 73.5 cm³/mol. The first-order valence-corrected chi connectivity index (χ1v) is 6.00. The lowest BCUT2D eigenvalue weighted by atomic mass is 10.1. The third-order valence-electron chi connectivity index (χ3n) is 2.75. The van der Waals surface area contributed by atoms with Crippen molar-refractivity contribution in [2.45, 2.75) is 20.4 Å². The van der Waals surface area contributed by atoms with E-state index in [0.29, 0.717) is 23.5 Å². The summed E-state index contributed by atoms with van der Waals surface area (Å²) in [6.45, 7) is 4.01. The van der Waals surface area contributed by atoms with Crippen LogP contribution in [0.4, 0.5) is 5.69 Å². The molecule has 0 saturated heterocycles. The van der Waals surface area contributed by atoms with E-state index < -0.39 is 0 Å². The van der Waals surface area contributed by atoms with Crippen molar-refractivity contribution < 1.29 is 4.79 Å². The van der Waals surface area contributed by atoms with Gasteiger partial charge in [-0.15, -0.1) is 0 Å². The molecule has 0 radical (unpaired) electrons. The minimum atomic E-state index is -0.155. The number of nitrogens with one attached hydrogen (secondary N) is 1. The van der Waals surface area contributed by atoms with Gasteiger partial charge in [0.1, 0.15) is 0 Å². The number of carbonyl (C=O) groups excluding carboxylic acids is 1. The molecule has 1 aromatic carbocycles. The number of nitrogens with zero attached hydrogens (tertiary/aromatic N) is 2. The summed E-state index contributed by atoms with van der Waals surface area (Å²) in [5.41, 5.74) is 9.23. The maximum Gasteiger partial charge on any atom is 0.253 e. The van der Waals surface area contributed by atoms with Crippen LogP contribution < -0.4 is 11.1 Å². The highest BCUT2D eigenvalue weighted by molar-refractivity contribution is 5.95. The third-order valence-corrected chi connectivity index (χ3v) is 2.75. The van der Waals surface area contributed by atoms with E-state index in [-0.39, 0.29) is 5.91 Å². The van der Waals surface area contributed by atoms with Gasteiger partial charge in [-0.3, -0.25) is 4.79 Å². The Morgan fingerprint density at radius 1 is 1.26 bits per heavy atom. The summed E-state index contributed by atoms with van der Waals surface area (Å²) in [6.07, 6.45) is 0. The molecule has 19 heavy (non-hydrogen) atoms. The highest BCUT2D eigenvalue weighted by Gasteiger charge is 2.10. The van der Waals surface area contributed by atoms with Gasteiger partial charge >= 0.3 is 0 Å². The topological polar surface area (TPSA) is 80.9 Å². The fraction of sp³-hybridized carbons (Fsp3) is 0.214. The molecule has 0 aliphatic carbocycles. The number of rotatable bonds is 3. The minimum absolute atomic E-state index is 0.155. The maximum absolute atomic E-state index is 12.1. The molecule has 0 atom stereocenters. The number of aromatic nitrogens is 2. The molecule has 5 nitrogen and oxygen atoms in total. The quantitative estimate of drug-likeness (QED) is 0.817. The first-order valence-electron chi connectivity index (χ1n) is 6.00. The van der Waals surface area contributed by atoms with Crippen LogP contribution in [-0.2, 0) is 6.54 Å². The molecule has 0 unspecified atom stereocenters. The van der Waals surface area contributed by atoms with Crippen LogP contribution in [0, 0.1) is 13.8 Å². The van der Waals surface area contributed by atoms with Gasteiger partial charge in [0, 0.05) is 12.2 Å². The summed E-state index contributed by atoms with van der Waals surface area (Å²) in [6, 6.07) is 9.16. The van der Waals surface area contributed by atoms with E-state index in [9.17, 15) is 4.79 Å². The number of benzene rings is 1. The van der Waals surface area contributed by atoms with Crippen LogP contribution in [0.3, 0.4) is 0 Å². The third kappa shape index (κ3) is 3.28. The fourth-order valence-corrected chi connectivity index (χ4v) is 1.76. The van der Waals surface area contributed by atoms with Gasteiger partial charge in [-0.05, 0) is 37.6 Å². The van der Waals surface area contributed by atoms with Crippen molar-refractivity contribution in [2.24, 2.45) is 0 Å². The van der Waals surface area contributed by atoms with E-state index in [1.54, 1.807) is 19.9 Å². The van der Waals surface area contributed by atoms with Crippen molar-refractivity contribution in [3.63, 3.8) is 0 Å². The average Bonchev–Trinajstić information content (AvgIpc) is 2.39. The van der Waals surface area contributed by atoms with Crippen LogP contribution in [0.2, 0.25) is 0 Å². The molecule has 5 heteroatoms. The number of aryl methyl sites for hydroxylation is 2. The molecule has 1 heterocycles. The summed E-state index contributed by atoms with van der Waals surface area (Å²) < 4.78 is 0. The van der Waals surface area contributed by atoms with Crippen LogP contribution in [0.5, 0.6) is 0 Å². The van der Waals surface area contributed by atoms with Crippen LogP contribution in [0.15, 0.2) is 30.3 Å².